The van der Waals surface area contributed by atoms with E-state index >= 15 is 0 Å². The van der Waals surface area contributed by atoms with E-state index in [1.165, 1.54) is 24.9 Å². The number of anilines is 1. The normalized spacial score (nSPS) is 14.8. The number of ether oxygens (including phenoxy) is 1. The molecule has 5 heteroatoms. The van der Waals surface area contributed by atoms with Gasteiger partial charge in [-0.1, -0.05) is 12.1 Å². The van der Waals surface area contributed by atoms with Gasteiger partial charge in [-0.05, 0) is 37.0 Å². The summed E-state index contributed by atoms with van der Waals surface area (Å²) in [5, 5.41) is 5.57. The van der Waals surface area contributed by atoms with Crippen molar-refractivity contribution in [3.05, 3.63) is 29.8 Å². The number of hydrogen-bond donors (Lipinski definition) is 2. The molecule has 0 aliphatic carbocycles. The van der Waals surface area contributed by atoms with E-state index in [4.69, 9.17) is 4.74 Å². The van der Waals surface area contributed by atoms with Crippen LogP contribution in [0.1, 0.15) is 24.8 Å². The van der Waals surface area contributed by atoms with E-state index in [0.717, 1.165) is 18.7 Å². The number of nitrogens with zero attached hydrogens (tertiary/aromatic N) is 1. The summed E-state index contributed by atoms with van der Waals surface area (Å²) >= 11 is 0. The maximum atomic E-state index is 11.5. The molecule has 1 fully saturated rings. The van der Waals surface area contributed by atoms with Crippen molar-refractivity contribution in [2.45, 2.75) is 25.8 Å². The smallest absolute Gasteiger partial charge is 0.315 e. The van der Waals surface area contributed by atoms with Crippen molar-refractivity contribution in [3.8, 4) is 0 Å². The first-order valence-corrected chi connectivity index (χ1v) is 7.64. The Morgan fingerprint density at radius 3 is 2.52 bits per heavy atom. The van der Waals surface area contributed by atoms with Gasteiger partial charge in [0, 0.05) is 39.0 Å². The van der Waals surface area contributed by atoms with E-state index < -0.39 is 0 Å². The van der Waals surface area contributed by atoms with Crippen LogP contribution in [0.2, 0.25) is 0 Å². The number of piperidine rings is 1. The van der Waals surface area contributed by atoms with Gasteiger partial charge in [0.15, 0.2) is 0 Å². The number of benzene rings is 1. The first-order valence-electron chi connectivity index (χ1n) is 7.64. The van der Waals surface area contributed by atoms with E-state index in [1.807, 2.05) is 0 Å². The van der Waals surface area contributed by atoms with Crippen LogP contribution in [0.15, 0.2) is 24.3 Å². The number of rotatable bonds is 6. The second kappa shape index (κ2) is 8.52. The Morgan fingerprint density at radius 2 is 1.86 bits per heavy atom. The average molecular weight is 291 g/mol. The Balaban J connectivity index is 1.75. The predicted molar refractivity (Wildman–Crippen MR) is 84.6 cm³/mol. The van der Waals surface area contributed by atoms with Gasteiger partial charge in [0.2, 0.25) is 0 Å². The van der Waals surface area contributed by atoms with Crippen LogP contribution in [0.4, 0.5) is 10.5 Å². The summed E-state index contributed by atoms with van der Waals surface area (Å²) in [7, 11) is 1.61. The standard InChI is InChI=1S/C16H25N3O2/c1-21-12-9-17-16(20)18-13-14-5-7-15(8-6-14)19-10-3-2-4-11-19/h5-8H,2-4,9-13H2,1H3,(H2,17,18,20). The molecule has 0 radical (unpaired) electrons. The van der Waals surface area contributed by atoms with Crippen molar-refractivity contribution in [1.29, 1.82) is 0 Å². The van der Waals surface area contributed by atoms with Crippen molar-refractivity contribution >= 4 is 11.7 Å². The highest BCUT2D eigenvalue weighted by Crippen LogP contribution is 2.20. The van der Waals surface area contributed by atoms with Gasteiger partial charge in [-0.15, -0.1) is 0 Å². The van der Waals surface area contributed by atoms with E-state index in [1.54, 1.807) is 7.11 Å². The molecule has 0 bridgehead atoms. The summed E-state index contributed by atoms with van der Waals surface area (Å²) in [6.07, 6.45) is 3.91. The lowest BCUT2D eigenvalue weighted by Crippen LogP contribution is -2.36. The summed E-state index contributed by atoms with van der Waals surface area (Å²) in [6.45, 7) is 3.90. The Hall–Kier alpha value is -1.75. The Kier molecular flexibility index (Phi) is 6.34. The zero-order valence-electron chi connectivity index (χ0n) is 12.7. The quantitative estimate of drug-likeness (QED) is 0.789. The Bertz CT molecular complexity index is 428. The van der Waals surface area contributed by atoms with Gasteiger partial charge in [-0.2, -0.15) is 0 Å². The molecule has 0 atom stereocenters. The number of nitrogens with one attached hydrogen (secondary N) is 2. The number of urea groups is 1. The van der Waals surface area contributed by atoms with Crippen LogP contribution in [0.25, 0.3) is 0 Å². The molecule has 0 spiro atoms. The first kappa shape index (κ1) is 15.6. The molecule has 2 amide bonds. The molecule has 2 rings (SSSR count). The summed E-state index contributed by atoms with van der Waals surface area (Å²) in [5.41, 5.74) is 2.39. The Morgan fingerprint density at radius 1 is 1.14 bits per heavy atom. The van der Waals surface area contributed by atoms with Gasteiger partial charge in [0.05, 0.1) is 6.61 Å². The zero-order chi connectivity index (χ0) is 14.9. The lowest BCUT2D eigenvalue weighted by atomic mass is 10.1. The summed E-state index contributed by atoms with van der Waals surface area (Å²) < 4.78 is 4.88. The highest BCUT2D eigenvalue weighted by molar-refractivity contribution is 5.73. The van der Waals surface area contributed by atoms with E-state index in [-0.39, 0.29) is 6.03 Å². The van der Waals surface area contributed by atoms with Gasteiger partial charge >= 0.3 is 6.03 Å². The molecule has 1 aliphatic heterocycles. The third kappa shape index (κ3) is 5.27. The molecule has 0 unspecified atom stereocenters. The van der Waals surface area contributed by atoms with Crippen molar-refractivity contribution < 1.29 is 9.53 Å². The molecule has 116 valence electrons. The van der Waals surface area contributed by atoms with E-state index in [0.29, 0.717) is 19.7 Å². The largest absolute Gasteiger partial charge is 0.383 e. The average Bonchev–Trinajstić information content (AvgIpc) is 2.54. The molecular weight excluding hydrogens is 266 g/mol. The van der Waals surface area contributed by atoms with Gasteiger partial charge in [-0.3, -0.25) is 0 Å². The molecule has 1 heterocycles. The zero-order valence-corrected chi connectivity index (χ0v) is 12.7. The van der Waals surface area contributed by atoms with E-state index in [9.17, 15) is 4.79 Å². The number of methoxy groups -OCH3 is 1. The maximum Gasteiger partial charge on any atom is 0.315 e. The van der Waals surface area contributed by atoms with Gasteiger partial charge in [0.1, 0.15) is 0 Å². The molecule has 5 nitrogen and oxygen atoms in total. The van der Waals surface area contributed by atoms with Crippen molar-refractivity contribution in [2.24, 2.45) is 0 Å². The third-order valence-corrected chi connectivity index (χ3v) is 3.70. The summed E-state index contributed by atoms with van der Waals surface area (Å²) in [6, 6.07) is 8.29. The molecule has 21 heavy (non-hydrogen) atoms. The molecule has 2 N–H and O–H groups in total. The molecular formula is C16H25N3O2. The number of amides is 2. The van der Waals surface area contributed by atoms with E-state index in [2.05, 4.69) is 39.8 Å². The highest BCUT2D eigenvalue weighted by Gasteiger charge is 2.10. The molecule has 1 saturated heterocycles. The van der Waals surface area contributed by atoms with Gasteiger partial charge in [-0.25, -0.2) is 4.79 Å². The minimum atomic E-state index is -0.160. The topological polar surface area (TPSA) is 53.6 Å². The number of carbonyl (C=O) groups excluding carboxylic acids is 1. The molecule has 1 aliphatic rings. The monoisotopic (exact) mass is 291 g/mol. The second-order valence-corrected chi connectivity index (χ2v) is 5.32. The lowest BCUT2D eigenvalue weighted by molar-refractivity contribution is 0.196. The maximum absolute atomic E-state index is 11.5. The SMILES string of the molecule is COCCNC(=O)NCc1ccc(N2CCCCC2)cc1. The third-order valence-electron chi connectivity index (χ3n) is 3.70. The van der Waals surface area contributed by atoms with Crippen LogP contribution >= 0.6 is 0 Å². The molecule has 0 aromatic heterocycles. The lowest BCUT2D eigenvalue weighted by Gasteiger charge is -2.28. The number of carbonyl (C=O) groups is 1. The van der Waals surface area contributed by atoms with Crippen molar-refractivity contribution in [1.82, 2.24) is 10.6 Å². The van der Waals surface area contributed by atoms with Crippen molar-refractivity contribution in [2.75, 3.05) is 38.3 Å². The minimum absolute atomic E-state index is 0.160. The summed E-state index contributed by atoms with van der Waals surface area (Å²) in [5.74, 6) is 0. The fraction of sp³-hybridized carbons (Fsp3) is 0.562. The van der Waals surface area contributed by atoms with Gasteiger partial charge < -0.3 is 20.3 Å². The van der Waals surface area contributed by atoms with Crippen LogP contribution in [0.3, 0.4) is 0 Å². The molecule has 1 aromatic carbocycles. The first-order chi connectivity index (χ1) is 10.3. The van der Waals surface area contributed by atoms with Gasteiger partial charge in [0.25, 0.3) is 0 Å². The summed E-state index contributed by atoms with van der Waals surface area (Å²) in [4.78, 5) is 13.9. The molecule has 1 aromatic rings. The molecule has 0 saturated carbocycles. The fourth-order valence-electron chi connectivity index (χ4n) is 2.49. The Labute approximate surface area is 126 Å². The van der Waals surface area contributed by atoms with Crippen LogP contribution < -0.4 is 15.5 Å². The second-order valence-electron chi connectivity index (χ2n) is 5.32. The number of hydrogen-bond acceptors (Lipinski definition) is 3. The fourth-order valence-corrected chi connectivity index (χ4v) is 2.49. The van der Waals surface area contributed by atoms with Crippen LogP contribution in [-0.4, -0.2) is 39.4 Å². The highest BCUT2D eigenvalue weighted by atomic mass is 16.5. The minimum Gasteiger partial charge on any atom is -0.383 e. The van der Waals surface area contributed by atoms with Crippen LogP contribution in [-0.2, 0) is 11.3 Å². The van der Waals surface area contributed by atoms with Crippen LogP contribution in [0.5, 0.6) is 0 Å². The van der Waals surface area contributed by atoms with Crippen molar-refractivity contribution in [3.63, 3.8) is 0 Å². The predicted octanol–water partition coefficient (Wildman–Crippen LogP) is 2.12. The van der Waals surface area contributed by atoms with Crippen LogP contribution in [0, 0.1) is 0 Å².